The van der Waals surface area contributed by atoms with E-state index in [2.05, 4.69) is 9.26 Å². The molecule has 2 fully saturated rings. The molecule has 2 heterocycles. The zero-order valence-corrected chi connectivity index (χ0v) is 13.0. The van der Waals surface area contributed by atoms with Crippen LogP contribution in [0, 0.1) is 6.92 Å². The Hall–Kier alpha value is -0.690. The Kier molecular flexibility index (Phi) is 3.52. The van der Waals surface area contributed by atoms with Crippen molar-refractivity contribution >= 4 is 27.6 Å². The highest BCUT2D eigenvalue weighted by atomic mass is 35.5. The van der Waals surface area contributed by atoms with Crippen molar-refractivity contribution in [3.05, 3.63) is 28.8 Å². The lowest BCUT2D eigenvalue weighted by molar-refractivity contribution is 0.217. The normalized spacial score (nSPS) is 29.6. The molecule has 0 radical (unpaired) electrons. The lowest BCUT2D eigenvalue weighted by atomic mass is 10.2. The standard InChI is InChI=1S/C13H17ClFN3OS/c1-9-3-4-10(5-13(9)14)16-20(15,19)18-8-11-6-12(18)7-17(11)2/h3-5,11-12H,6-8H2,1-2H3/t11-,12-,20?/m1/s1. The first kappa shape index (κ1) is 14.3. The second-order valence-electron chi connectivity index (χ2n) is 5.54. The minimum absolute atomic E-state index is 0.00725. The number of aryl methyl sites for hydroxylation is 1. The molecular formula is C13H17ClFN3OS. The molecule has 110 valence electrons. The van der Waals surface area contributed by atoms with E-state index in [1.807, 2.05) is 14.0 Å². The van der Waals surface area contributed by atoms with Gasteiger partial charge in [0.1, 0.15) is 0 Å². The molecule has 0 amide bonds. The molecule has 0 aromatic heterocycles. The molecular weight excluding hydrogens is 301 g/mol. The molecule has 0 spiro atoms. The van der Waals surface area contributed by atoms with E-state index in [1.165, 1.54) is 4.31 Å². The van der Waals surface area contributed by atoms with Crippen LogP contribution in [0.25, 0.3) is 0 Å². The van der Waals surface area contributed by atoms with Crippen molar-refractivity contribution < 1.29 is 8.09 Å². The maximum atomic E-state index is 14.5. The fraction of sp³-hybridized carbons (Fsp3) is 0.538. The number of rotatable bonds is 2. The van der Waals surface area contributed by atoms with Gasteiger partial charge in [-0.2, -0.15) is 12.9 Å². The first-order valence-corrected chi connectivity index (χ1v) is 8.32. The number of likely N-dealkylation sites (N-methyl/N-ethyl adjacent to an activating group) is 1. The second kappa shape index (κ2) is 4.94. The molecule has 2 aliphatic heterocycles. The van der Waals surface area contributed by atoms with Crippen LogP contribution in [0.1, 0.15) is 12.0 Å². The van der Waals surface area contributed by atoms with Crippen molar-refractivity contribution in [2.45, 2.75) is 25.4 Å². The molecule has 7 heteroatoms. The number of piperazine rings is 1. The van der Waals surface area contributed by atoms with Gasteiger partial charge in [-0.05, 0) is 38.1 Å². The van der Waals surface area contributed by atoms with Crippen molar-refractivity contribution in [1.29, 1.82) is 0 Å². The molecule has 0 N–H and O–H groups in total. The SMILES string of the molecule is Cc1ccc(N=S(=O)(F)N2C[C@H]3C[C@@H]2CN3C)cc1Cl. The first-order valence-electron chi connectivity index (χ1n) is 6.57. The topological polar surface area (TPSA) is 35.9 Å². The van der Waals surface area contributed by atoms with Gasteiger partial charge < -0.3 is 4.90 Å². The van der Waals surface area contributed by atoms with Crippen LogP contribution >= 0.6 is 11.6 Å². The summed E-state index contributed by atoms with van der Waals surface area (Å²) in [6.45, 7) is 3.07. The highest BCUT2D eigenvalue weighted by molar-refractivity contribution is 7.86. The first-order chi connectivity index (χ1) is 9.37. The van der Waals surface area contributed by atoms with E-state index in [0.29, 0.717) is 17.3 Å². The Morgan fingerprint density at radius 1 is 1.40 bits per heavy atom. The van der Waals surface area contributed by atoms with Crippen LogP contribution in [0.15, 0.2) is 22.6 Å². The Labute approximate surface area is 124 Å². The van der Waals surface area contributed by atoms with E-state index in [9.17, 15) is 8.09 Å². The number of fused-ring (bicyclic) bond motifs is 2. The van der Waals surface area contributed by atoms with E-state index < -0.39 is 10.3 Å². The van der Waals surface area contributed by atoms with Crippen LogP contribution in [0.4, 0.5) is 9.57 Å². The van der Waals surface area contributed by atoms with Gasteiger partial charge in [-0.1, -0.05) is 17.7 Å². The van der Waals surface area contributed by atoms with Crippen molar-refractivity contribution in [3.63, 3.8) is 0 Å². The predicted octanol–water partition coefficient (Wildman–Crippen LogP) is 2.94. The molecule has 3 atom stereocenters. The van der Waals surface area contributed by atoms with Gasteiger partial charge in [-0.25, -0.2) is 0 Å². The average Bonchev–Trinajstić information content (AvgIpc) is 2.92. The van der Waals surface area contributed by atoms with Crippen molar-refractivity contribution in [2.75, 3.05) is 20.1 Å². The molecule has 1 aromatic carbocycles. The number of hydrogen-bond acceptors (Lipinski definition) is 3. The highest BCUT2D eigenvalue weighted by Crippen LogP contribution is 2.34. The molecule has 3 rings (SSSR count). The largest absolute Gasteiger partial charge is 0.300 e. The summed E-state index contributed by atoms with van der Waals surface area (Å²) in [5, 5.41) is 0.504. The van der Waals surface area contributed by atoms with Gasteiger partial charge >= 0.3 is 0 Å². The Bertz CT molecular complexity index is 657. The van der Waals surface area contributed by atoms with Crippen LogP contribution in [0.3, 0.4) is 0 Å². The summed E-state index contributed by atoms with van der Waals surface area (Å²) in [5.74, 6) is 0. The lowest BCUT2D eigenvalue weighted by Crippen LogP contribution is -2.45. The van der Waals surface area contributed by atoms with Gasteiger partial charge in [-0.3, -0.25) is 0 Å². The minimum Gasteiger partial charge on any atom is -0.300 e. The highest BCUT2D eigenvalue weighted by Gasteiger charge is 2.46. The Morgan fingerprint density at radius 3 is 2.70 bits per heavy atom. The molecule has 0 aliphatic carbocycles. The van der Waals surface area contributed by atoms with Crippen LogP contribution in [-0.4, -0.2) is 45.6 Å². The van der Waals surface area contributed by atoms with E-state index in [0.717, 1.165) is 18.5 Å². The quantitative estimate of drug-likeness (QED) is 0.786. The summed E-state index contributed by atoms with van der Waals surface area (Å²) in [7, 11) is -1.86. The zero-order chi connectivity index (χ0) is 14.5. The molecule has 20 heavy (non-hydrogen) atoms. The number of benzene rings is 1. The summed E-state index contributed by atoms with van der Waals surface area (Å²) in [6, 6.07) is 5.22. The van der Waals surface area contributed by atoms with E-state index >= 15 is 0 Å². The van der Waals surface area contributed by atoms with Crippen LogP contribution < -0.4 is 0 Å². The maximum Gasteiger partial charge on any atom is 0.276 e. The van der Waals surface area contributed by atoms with Crippen LogP contribution in [-0.2, 0) is 10.3 Å². The fourth-order valence-electron chi connectivity index (χ4n) is 2.93. The Balaban J connectivity index is 1.90. The molecule has 1 aromatic rings. The van der Waals surface area contributed by atoms with Crippen LogP contribution in [0.2, 0.25) is 5.02 Å². The summed E-state index contributed by atoms with van der Waals surface area (Å²) < 4.78 is 32.0. The number of likely N-dealkylation sites (tertiary alicyclic amines) is 1. The molecule has 2 bridgehead atoms. The molecule has 1 unspecified atom stereocenters. The van der Waals surface area contributed by atoms with Gasteiger partial charge in [0.2, 0.25) is 0 Å². The number of halogens is 2. The van der Waals surface area contributed by atoms with Crippen LogP contribution in [0.5, 0.6) is 0 Å². The van der Waals surface area contributed by atoms with Crippen molar-refractivity contribution in [1.82, 2.24) is 9.21 Å². The number of nitrogens with zero attached hydrogens (tertiary/aromatic N) is 3. The van der Waals surface area contributed by atoms with Gasteiger partial charge in [0.05, 0.1) is 5.69 Å². The van der Waals surface area contributed by atoms with Gasteiger partial charge in [0, 0.05) is 30.2 Å². The van der Waals surface area contributed by atoms with Gasteiger partial charge in [0.25, 0.3) is 10.3 Å². The monoisotopic (exact) mass is 317 g/mol. The van der Waals surface area contributed by atoms with Gasteiger partial charge in [0.15, 0.2) is 0 Å². The van der Waals surface area contributed by atoms with Crippen molar-refractivity contribution in [2.24, 2.45) is 4.36 Å². The third-order valence-electron chi connectivity index (χ3n) is 4.13. The molecule has 4 nitrogen and oxygen atoms in total. The average molecular weight is 318 g/mol. The second-order valence-corrected chi connectivity index (χ2v) is 7.46. The fourth-order valence-corrected chi connectivity index (χ4v) is 4.46. The number of hydrogen-bond donors (Lipinski definition) is 0. The summed E-state index contributed by atoms with van der Waals surface area (Å²) >= 11 is 5.99. The smallest absolute Gasteiger partial charge is 0.276 e. The molecule has 0 saturated carbocycles. The van der Waals surface area contributed by atoms with E-state index in [4.69, 9.17) is 11.6 Å². The maximum absolute atomic E-state index is 14.5. The van der Waals surface area contributed by atoms with Crippen molar-refractivity contribution in [3.8, 4) is 0 Å². The Morgan fingerprint density at radius 2 is 2.15 bits per heavy atom. The zero-order valence-electron chi connectivity index (χ0n) is 11.4. The molecule has 2 aliphatic rings. The summed E-state index contributed by atoms with van der Waals surface area (Å²) in [5.41, 5.74) is 1.21. The summed E-state index contributed by atoms with van der Waals surface area (Å²) in [6.07, 6.45) is 0.863. The third-order valence-corrected chi connectivity index (χ3v) is 6.00. The lowest BCUT2D eigenvalue weighted by Gasteiger charge is -2.30. The predicted molar refractivity (Wildman–Crippen MR) is 79.1 cm³/mol. The van der Waals surface area contributed by atoms with Gasteiger partial charge in [-0.15, -0.1) is 3.89 Å². The van der Waals surface area contributed by atoms with E-state index in [1.54, 1.807) is 18.2 Å². The summed E-state index contributed by atoms with van der Waals surface area (Å²) in [4.78, 5) is 2.18. The van der Waals surface area contributed by atoms with E-state index in [-0.39, 0.29) is 12.1 Å². The third kappa shape index (κ3) is 2.45. The minimum atomic E-state index is -3.87. The molecule has 2 saturated heterocycles.